The van der Waals surface area contributed by atoms with Crippen LogP contribution in [0.5, 0.6) is 0 Å². The summed E-state index contributed by atoms with van der Waals surface area (Å²) in [6.45, 7) is -0.774. The number of aryl methyl sites for hydroxylation is 1. The fourth-order valence-electron chi connectivity index (χ4n) is 4.41. The first-order chi connectivity index (χ1) is 16.6. The zero-order valence-corrected chi connectivity index (χ0v) is 17.4. The number of pyridine rings is 1. The Hall–Kier alpha value is -2.04. The standard InChI is InChI=1S/C20H29N5O4S/c1-12-10-14-11-21-20(22-15-6-8-24(9-7-15)30(3,28)29)23-18(14)25(19(12)27)16-4-5-17(26)13(16)2/h10-11,13,15-17,26H,4-9H2,1-3H3,(H,21,22,23)/t13-,16+,17+/m1/s1/i1D3,3D3. The van der Waals surface area contributed by atoms with Crippen molar-refractivity contribution >= 4 is 27.0 Å². The lowest BCUT2D eigenvalue weighted by atomic mass is 10.0. The lowest BCUT2D eigenvalue weighted by molar-refractivity contribution is 0.129. The molecule has 3 heterocycles. The Morgan fingerprint density at radius 3 is 2.67 bits per heavy atom. The van der Waals surface area contributed by atoms with E-state index >= 15 is 0 Å². The molecule has 1 saturated carbocycles. The number of sulfonamides is 1. The van der Waals surface area contributed by atoms with E-state index in [1.54, 1.807) is 0 Å². The van der Waals surface area contributed by atoms with Crippen LogP contribution in [0.25, 0.3) is 11.0 Å². The molecule has 0 radical (unpaired) electrons. The number of hydrogen-bond donors (Lipinski definition) is 2. The fraction of sp³-hybridized carbons (Fsp3) is 0.650. The Morgan fingerprint density at radius 2 is 2.03 bits per heavy atom. The van der Waals surface area contributed by atoms with Gasteiger partial charge in [-0.05, 0) is 38.6 Å². The maximum atomic E-state index is 13.3. The van der Waals surface area contributed by atoms with Crippen LogP contribution < -0.4 is 10.9 Å². The number of nitrogens with zero attached hydrogens (tertiary/aromatic N) is 4. The van der Waals surface area contributed by atoms with Crippen molar-refractivity contribution in [2.75, 3.05) is 24.6 Å². The smallest absolute Gasteiger partial charge is 0.255 e. The third kappa shape index (κ3) is 3.95. The van der Waals surface area contributed by atoms with E-state index in [1.165, 1.54) is 16.8 Å². The van der Waals surface area contributed by atoms with Gasteiger partial charge in [-0.3, -0.25) is 9.36 Å². The first kappa shape index (κ1) is 14.9. The summed E-state index contributed by atoms with van der Waals surface area (Å²) in [6.07, 6.45) is -0.682. The van der Waals surface area contributed by atoms with Crippen LogP contribution in [0.4, 0.5) is 5.95 Å². The first-order valence-corrected chi connectivity index (χ1v) is 11.4. The van der Waals surface area contributed by atoms with Gasteiger partial charge in [0.25, 0.3) is 5.56 Å². The molecule has 0 amide bonds. The maximum absolute atomic E-state index is 13.3. The van der Waals surface area contributed by atoms with Gasteiger partial charge in [-0.25, -0.2) is 17.7 Å². The normalized spacial score (nSPS) is 30.1. The molecule has 1 aliphatic carbocycles. The molecule has 0 spiro atoms. The van der Waals surface area contributed by atoms with E-state index in [2.05, 4.69) is 15.3 Å². The summed E-state index contributed by atoms with van der Waals surface area (Å²) in [5.41, 5.74) is -0.768. The van der Waals surface area contributed by atoms with E-state index in [1.807, 2.05) is 6.92 Å². The molecule has 30 heavy (non-hydrogen) atoms. The van der Waals surface area contributed by atoms with E-state index in [0.29, 0.717) is 31.1 Å². The number of aromatic nitrogens is 3. The van der Waals surface area contributed by atoms with Gasteiger partial charge in [-0.2, -0.15) is 4.98 Å². The molecule has 164 valence electrons. The van der Waals surface area contributed by atoms with Gasteiger partial charge in [0.1, 0.15) is 5.65 Å². The van der Waals surface area contributed by atoms with E-state index in [0.717, 1.165) is 4.31 Å². The van der Waals surface area contributed by atoms with Gasteiger partial charge >= 0.3 is 0 Å². The predicted molar refractivity (Wildman–Crippen MR) is 115 cm³/mol. The molecule has 0 aromatic carbocycles. The van der Waals surface area contributed by atoms with Crippen LogP contribution >= 0.6 is 0 Å². The van der Waals surface area contributed by atoms with Crippen LogP contribution in [-0.4, -0.2) is 63.8 Å². The SMILES string of the molecule is [2H]C([2H])([2H])c1cc2cnc(NC3CCN(S(=O)(=O)C([2H])([2H])[2H])CC3)nc2n([C@H]2CC[C@H](O)[C@@H]2C)c1=O. The number of hydrogen-bond acceptors (Lipinski definition) is 7. The molecule has 2 fully saturated rings. The Bertz CT molecular complexity index is 1300. The minimum Gasteiger partial charge on any atom is -0.393 e. The lowest BCUT2D eigenvalue weighted by Gasteiger charge is -2.30. The molecule has 3 atom stereocenters. The first-order valence-electron chi connectivity index (χ1n) is 13.0. The molecule has 10 heteroatoms. The second-order valence-electron chi connectivity index (χ2n) is 8.10. The molecule has 1 aliphatic heterocycles. The minimum absolute atomic E-state index is 0.0239. The topological polar surface area (TPSA) is 117 Å². The van der Waals surface area contributed by atoms with Crippen molar-refractivity contribution in [3.63, 3.8) is 0 Å². The van der Waals surface area contributed by atoms with E-state index in [9.17, 15) is 18.3 Å². The highest BCUT2D eigenvalue weighted by molar-refractivity contribution is 7.88. The highest BCUT2D eigenvalue weighted by Gasteiger charge is 2.34. The predicted octanol–water partition coefficient (Wildman–Crippen LogP) is 1.27. The van der Waals surface area contributed by atoms with Crippen molar-refractivity contribution in [3.05, 3.63) is 28.2 Å². The van der Waals surface area contributed by atoms with Gasteiger partial charge in [0, 0.05) is 56.5 Å². The summed E-state index contributed by atoms with van der Waals surface area (Å²) >= 11 is 0. The third-order valence-electron chi connectivity index (χ3n) is 6.20. The number of fused-ring (bicyclic) bond motifs is 1. The van der Waals surface area contributed by atoms with E-state index in [4.69, 9.17) is 8.22 Å². The van der Waals surface area contributed by atoms with Crippen molar-refractivity contribution in [2.45, 2.75) is 57.6 Å². The zero-order valence-electron chi connectivity index (χ0n) is 22.6. The van der Waals surface area contributed by atoms with Gasteiger partial charge in [-0.1, -0.05) is 6.92 Å². The Balaban J connectivity index is 1.65. The van der Waals surface area contributed by atoms with Crippen LogP contribution in [0.3, 0.4) is 0 Å². The van der Waals surface area contributed by atoms with Gasteiger partial charge in [0.2, 0.25) is 16.0 Å². The molecule has 2 aliphatic rings. The van der Waals surface area contributed by atoms with Crippen LogP contribution in [0, 0.1) is 12.8 Å². The summed E-state index contributed by atoms with van der Waals surface area (Å²) < 4.78 is 71.8. The second kappa shape index (κ2) is 7.90. The number of anilines is 1. The average molecular weight is 442 g/mol. The zero-order chi connectivity index (χ0) is 26.6. The molecule has 0 unspecified atom stereocenters. The molecule has 2 N–H and O–H groups in total. The van der Waals surface area contributed by atoms with Crippen LogP contribution in [0.2, 0.25) is 0 Å². The Labute approximate surface area is 184 Å². The summed E-state index contributed by atoms with van der Waals surface area (Å²) in [7, 11) is -4.40. The molecule has 2 aromatic rings. The van der Waals surface area contributed by atoms with Crippen molar-refractivity contribution < 1.29 is 21.7 Å². The van der Waals surface area contributed by atoms with Gasteiger partial charge in [0.15, 0.2) is 0 Å². The highest BCUT2D eigenvalue weighted by atomic mass is 32.2. The molecule has 1 saturated heterocycles. The fourth-order valence-corrected chi connectivity index (χ4v) is 5.10. The Kier molecular flexibility index (Phi) is 3.92. The summed E-state index contributed by atoms with van der Waals surface area (Å²) in [6, 6.07) is 0.604. The van der Waals surface area contributed by atoms with Gasteiger partial charge in [-0.15, -0.1) is 0 Å². The number of aliphatic hydroxyl groups is 1. The van der Waals surface area contributed by atoms with Crippen molar-refractivity contribution in [1.82, 2.24) is 18.8 Å². The maximum Gasteiger partial charge on any atom is 0.255 e. The lowest BCUT2D eigenvalue weighted by Crippen LogP contribution is -2.42. The van der Waals surface area contributed by atoms with Crippen LogP contribution in [0.15, 0.2) is 17.1 Å². The van der Waals surface area contributed by atoms with Crippen LogP contribution in [0.1, 0.15) is 52.4 Å². The second-order valence-corrected chi connectivity index (χ2v) is 9.57. The summed E-state index contributed by atoms with van der Waals surface area (Å²) in [5.74, 6) is -0.103. The van der Waals surface area contributed by atoms with Crippen LogP contribution in [-0.2, 0) is 10.0 Å². The molecular formula is C20H29N5O4S. The number of nitrogens with one attached hydrogen (secondary N) is 1. The quantitative estimate of drug-likeness (QED) is 0.734. The average Bonchev–Trinajstić information content (AvgIpc) is 3.10. The van der Waals surface area contributed by atoms with E-state index < -0.39 is 40.8 Å². The van der Waals surface area contributed by atoms with Crippen molar-refractivity contribution in [2.24, 2.45) is 5.92 Å². The molecule has 4 rings (SSSR count). The van der Waals surface area contributed by atoms with Crippen molar-refractivity contribution in [1.29, 1.82) is 0 Å². The molecule has 9 nitrogen and oxygen atoms in total. The van der Waals surface area contributed by atoms with Gasteiger partial charge < -0.3 is 10.4 Å². The molecular weight excluding hydrogens is 406 g/mol. The minimum atomic E-state index is -4.40. The summed E-state index contributed by atoms with van der Waals surface area (Å²) in [5, 5.41) is 13.8. The number of piperidine rings is 1. The van der Waals surface area contributed by atoms with E-state index in [-0.39, 0.29) is 42.2 Å². The monoisotopic (exact) mass is 441 g/mol. The number of aliphatic hydroxyl groups excluding tert-OH is 1. The van der Waals surface area contributed by atoms with Crippen molar-refractivity contribution in [3.8, 4) is 0 Å². The summed E-state index contributed by atoms with van der Waals surface area (Å²) in [4.78, 5) is 22.1. The molecule has 0 bridgehead atoms. The highest BCUT2D eigenvalue weighted by Crippen LogP contribution is 2.36. The van der Waals surface area contributed by atoms with Gasteiger partial charge in [0.05, 0.1) is 12.3 Å². The third-order valence-corrected chi connectivity index (χ3v) is 7.25. The largest absolute Gasteiger partial charge is 0.393 e. The number of rotatable bonds is 4. The Morgan fingerprint density at radius 1 is 1.27 bits per heavy atom. The molecule has 2 aromatic heterocycles.